The molecule has 5 nitrogen and oxygen atoms in total. The van der Waals surface area contributed by atoms with Crippen LogP contribution in [0.3, 0.4) is 0 Å². The molecule has 1 unspecified atom stereocenters. The van der Waals surface area contributed by atoms with E-state index in [0.29, 0.717) is 30.5 Å². The van der Waals surface area contributed by atoms with Gasteiger partial charge in [0.05, 0.1) is 6.61 Å². The average molecular weight is 305 g/mol. The number of aryl methyl sites for hydroxylation is 1. The quantitative estimate of drug-likeness (QED) is 0.794. The van der Waals surface area contributed by atoms with Gasteiger partial charge in [-0.05, 0) is 30.9 Å². The van der Waals surface area contributed by atoms with Crippen LogP contribution in [-0.2, 0) is 14.8 Å². The van der Waals surface area contributed by atoms with Gasteiger partial charge in [0.1, 0.15) is 10.0 Å². The number of halogens is 1. The van der Waals surface area contributed by atoms with E-state index >= 15 is 0 Å². The Balaban J connectivity index is 2.18. The fourth-order valence-electron chi connectivity index (χ4n) is 2.04. The molecule has 1 saturated heterocycles. The van der Waals surface area contributed by atoms with E-state index in [0.717, 1.165) is 6.42 Å². The molecule has 1 aliphatic heterocycles. The van der Waals surface area contributed by atoms with Crippen LogP contribution in [0, 0.1) is 12.8 Å². The molecule has 19 heavy (non-hydrogen) atoms. The summed E-state index contributed by atoms with van der Waals surface area (Å²) in [5.74, 6) is 0.265. The van der Waals surface area contributed by atoms with Crippen molar-refractivity contribution in [3.05, 3.63) is 23.0 Å². The van der Waals surface area contributed by atoms with Crippen molar-refractivity contribution in [2.75, 3.05) is 26.8 Å². The number of ether oxygens (including phenoxy) is 1. The van der Waals surface area contributed by atoms with E-state index < -0.39 is 10.0 Å². The van der Waals surface area contributed by atoms with Gasteiger partial charge in [-0.2, -0.15) is 0 Å². The Morgan fingerprint density at radius 3 is 2.89 bits per heavy atom. The molecule has 0 aliphatic carbocycles. The summed E-state index contributed by atoms with van der Waals surface area (Å²) in [7, 11) is -1.93. The monoisotopic (exact) mass is 304 g/mol. The Hall–Kier alpha value is -0.690. The zero-order valence-corrected chi connectivity index (χ0v) is 12.5. The summed E-state index contributed by atoms with van der Waals surface area (Å²) in [5, 5.41) is 0.325. The van der Waals surface area contributed by atoms with Crippen LogP contribution in [0.2, 0.25) is 5.15 Å². The molecule has 2 rings (SSSR count). The van der Waals surface area contributed by atoms with Crippen LogP contribution in [0.5, 0.6) is 0 Å². The molecule has 106 valence electrons. The first-order valence-corrected chi connectivity index (χ1v) is 7.89. The van der Waals surface area contributed by atoms with Crippen molar-refractivity contribution in [1.82, 2.24) is 9.29 Å². The van der Waals surface area contributed by atoms with Gasteiger partial charge in [0.15, 0.2) is 0 Å². The van der Waals surface area contributed by atoms with Crippen LogP contribution in [0.25, 0.3) is 0 Å². The first kappa shape index (κ1) is 14.7. The molecule has 2 heterocycles. The lowest BCUT2D eigenvalue weighted by molar-refractivity contribution is 0.182. The fourth-order valence-corrected chi connectivity index (χ4v) is 3.42. The van der Waals surface area contributed by atoms with Crippen LogP contribution in [0.4, 0.5) is 0 Å². The SMILES string of the molecule is Cc1cc(S(=O)(=O)N(C)CC2CCOC2)cnc1Cl. The number of hydrogen-bond donors (Lipinski definition) is 0. The summed E-state index contributed by atoms with van der Waals surface area (Å²) in [6, 6.07) is 1.55. The summed E-state index contributed by atoms with van der Waals surface area (Å²) >= 11 is 5.81. The largest absolute Gasteiger partial charge is 0.381 e. The van der Waals surface area contributed by atoms with Gasteiger partial charge >= 0.3 is 0 Å². The summed E-state index contributed by atoms with van der Waals surface area (Å²) in [6.45, 7) is 3.53. The third-order valence-corrected chi connectivity index (χ3v) is 5.42. The maximum Gasteiger partial charge on any atom is 0.244 e. The van der Waals surface area contributed by atoms with Gasteiger partial charge in [-0.3, -0.25) is 0 Å². The van der Waals surface area contributed by atoms with E-state index in [2.05, 4.69) is 4.98 Å². The smallest absolute Gasteiger partial charge is 0.244 e. The number of hydrogen-bond acceptors (Lipinski definition) is 4. The van der Waals surface area contributed by atoms with Crippen molar-refractivity contribution in [3.63, 3.8) is 0 Å². The summed E-state index contributed by atoms with van der Waals surface area (Å²) in [4.78, 5) is 4.07. The second kappa shape index (κ2) is 5.75. The highest BCUT2D eigenvalue weighted by Gasteiger charge is 2.26. The number of aromatic nitrogens is 1. The molecule has 0 N–H and O–H groups in total. The second-order valence-corrected chi connectivity index (χ2v) is 7.20. The summed E-state index contributed by atoms with van der Waals surface area (Å²) < 4.78 is 31.4. The van der Waals surface area contributed by atoms with E-state index in [1.807, 2.05) is 0 Å². The van der Waals surface area contributed by atoms with Gasteiger partial charge in [0, 0.05) is 26.4 Å². The van der Waals surface area contributed by atoms with Crippen LogP contribution in [0.15, 0.2) is 17.2 Å². The van der Waals surface area contributed by atoms with Gasteiger partial charge < -0.3 is 4.74 Å². The van der Waals surface area contributed by atoms with Crippen molar-refractivity contribution >= 4 is 21.6 Å². The highest BCUT2D eigenvalue weighted by Crippen LogP contribution is 2.21. The highest BCUT2D eigenvalue weighted by atomic mass is 35.5. The molecular weight excluding hydrogens is 288 g/mol. The predicted molar refractivity (Wildman–Crippen MR) is 72.7 cm³/mol. The van der Waals surface area contributed by atoms with Gasteiger partial charge in [-0.1, -0.05) is 11.6 Å². The van der Waals surface area contributed by atoms with Gasteiger partial charge in [0.2, 0.25) is 10.0 Å². The highest BCUT2D eigenvalue weighted by molar-refractivity contribution is 7.89. The normalized spacial score (nSPS) is 20.1. The number of nitrogens with zero attached hydrogens (tertiary/aromatic N) is 2. The van der Waals surface area contributed by atoms with Crippen LogP contribution in [0.1, 0.15) is 12.0 Å². The maximum absolute atomic E-state index is 12.4. The molecule has 1 aromatic rings. The minimum Gasteiger partial charge on any atom is -0.381 e. The summed E-state index contributed by atoms with van der Waals surface area (Å²) in [6.07, 6.45) is 2.20. The van der Waals surface area contributed by atoms with E-state index in [9.17, 15) is 8.42 Å². The molecule has 7 heteroatoms. The Bertz CT molecular complexity index is 556. The molecule has 1 atom stereocenters. The number of sulfonamides is 1. The second-order valence-electron chi connectivity index (χ2n) is 4.79. The van der Waals surface area contributed by atoms with Crippen LogP contribution in [-0.4, -0.2) is 44.5 Å². The third-order valence-electron chi connectivity index (χ3n) is 3.24. The molecular formula is C12H17ClN2O3S. The van der Waals surface area contributed by atoms with Gasteiger partial charge in [0.25, 0.3) is 0 Å². The van der Waals surface area contributed by atoms with Crippen molar-refractivity contribution in [3.8, 4) is 0 Å². The third kappa shape index (κ3) is 3.25. The van der Waals surface area contributed by atoms with Gasteiger partial charge in [-0.15, -0.1) is 0 Å². The Morgan fingerprint density at radius 2 is 2.32 bits per heavy atom. The zero-order chi connectivity index (χ0) is 14.0. The number of rotatable bonds is 4. The summed E-state index contributed by atoms with van der Waals surface area (Å²) in [5.41, 5.74) is 0.653. The standard InChI is InChI=1S/C12H17ClN2O3S/c1-9-5-11(6-14-12(9)13)19(16,17)15(2)7-10-3-4-18-8-10/h5-6,10H,3-4,7-8H2,1-2H3. The van der Waals surface area contributed by atoms with Gasteiger partial charge in [-0.25, -0.2) is 17.7 Å². The van der Waals surface area contributed by atoms with E-state index in [1.54, 1.807) is 20.0 Å². The predicted octanol–water partition coefficient (Wildman–Crippen LogP) is 1.70. The maximum atomic E-state index is 12.4. The van der Waals surface area contributed by atoms with Crippen molar-refractivity contribution in [2.24, 2.45) is 5.92 Å². The van der Waals surface area contributed by atoms with Crippen molar-refractivity contribution in [2.45, 2.75) is 18.2 Å². The number of pyridine rings is 1. The molecule has 0 spiro atoms. The average Bonchev–Trinajstić information content (AvgIpc) is 2.85. The molecule has 0 bridgehead atoms. The molecule has 1 fully saturated rings. The topological polar surface area (TPSA) is 59.5 Å². The molecule has 0 saturated carbocycles. The molecule has 1 aliphatic rings. The van der Waals surface area contributed by atoms with Crippen molar-refractivity contribution in [1.29, 1.82) is 0 Å². The fraction of sp³-hybridized carbons (Fsp3) is 0.583. The lowest BCUT2D eigenvalue weighted by atomic mass is 10.1. The Labute approximate surface area is 118 Å². The van der Waals surface area contributed by atoms with E-state index in [-0.39, 0.29) is 10.8 Å². The lowest BCUT2D eigenvalue weighted by Crippen LogP contribution is -2.32. The molecule has 0 amide bonds. The van der Waals surface area contributed by atoms with E-state index in [1.165, 1.54) is 10.5 Å². The molecule has 1 aromatic heterocycles. The zero-order valence-electron chi connectivity index (χ0n) is 11.0. The molecule has 0 aromatic carbocycles. The Morgan fingerprint density at radius 1 is 1.58 bits per heavy atom. The minimum atomic E-state index is -3.51. The van der Waals surface area contributed by atoms with Crippen LogP contribution < -0.4 is 0 Å². The van der Waals surface area contributed by atoms with Crippen LogP contribution >= 0.6 is 11.6 Å². The van der Waals surface area contributed by atoms with E-state index in [4.69, 9.17) is 16.3 Å². The molecule has 0 radical (unpaired) electrons. The Kier molecular flexibility index (Phi) is 4.45. The first-order valence-electron chi connectivity index (χ1n) is 6.07. The lowest BCUT2D eigenvalue weighted by Gasteiger charge is -2.20. The van der Waals surface area contributed by atoms with Crippen molar-refractivity contribution < 1.29 is 13.2 Å². The first-order chi connectivity index (χ1) is 8.91. The minimum absolute atomic E-state index is 0.177.